The highest BCUT2D eigenvalue weighted by Crippen LogP contribution is 2.23. The van der Waals surface area contributed by atoms with Crippen LogP contribution >= 0.6 is 0 Å². The summed E-state index contributed by atoms with van der Waals surface area (Å²) in [6.45, 7) is 2.36. The first-order chi connectivity index (χ1) is 8.06. The molecule has 0 radical (unpaired) electrons. The number of carbonyl (C=O) groups excluding carboxylic acids is 1. The maximum absolute atomic E-state index is 13.2. The molecule has 2 rings (SSSR count). The number of nitrogens with one attached hydrogen (secondary N) is 1. The minimum atomic E-state index is -0.663. The molecule has 1 unspecified atom stereocenters. The van der Waals surface area contributed by atoms with E-state index in [4.69, 9.17) is 4.74 Å². The monoisotopic (exact) mass is 241 g/mol. The predicted octanol–water partition coefficient (Wildman–Crippen LogP) is 1.79. The summed E-state index contributed by atoms with van der Waals surface area (Å²) >= 11 is 0. The van der Waals surface area contributed by atoms with E-state index in [0.29, 0.717) is 13.0 Å². The van der Waals surface area contributed by atoms with Gasteiger partial charge in [-0.1, -0.05) is 0 Å². The SMILES string of the molecule is Cc1c(F)cc(F)cc1OCC1CNC(=O)C1. The van der Waals surface area contributed by atoms with E-state index in [1.165, 1.54) is 6.92 Å². The van der Waals surface area contributed by atoms with Crippen LogP contribution in [0.5, 0.6) is 5.75 Å². The van der Waals surface area contributed by atoms with Gasteiger partial charge in [-0.25, -0.2) is 8.78 Å². The quantitative estimate of drug-likeness (QED) is 0.876. The van der Waals surface area contributed by atoms with E-state index in [9.17, 15) is 13.6 Å². The second-order valence-electron chi connectivity index (χ2n) is 4.20. The average molecular weight is 241 g/mol. The molecule has 17 heavy (non-hydrogen) atoms. The van der Waals surface area contributed by atoms with Gasteiger partial charge in [0, 0.05) is 36.6 Å². The molecule has 0 aliphatic carbocycles. The van der Waals surface area contributed by atoms with E-state index in [-0.39, 0.29) is 29.7 Å². The summed E-state index contributed by atoms with van der Waals surface area (Å²) in [5.74, 6) is -1.04. The lowest BCUT2D eigenvalue weighted by Crippen LogP contribution is -2.17. The first-order valence-electron chi connectivity index (χ1n) is 5.41. The Balaban J connectivity index is 2.01. The lowest BCUT2D eigenvalue weighted by atomic mass is 10.1. The molecule has 1 saturated heterocycles. The summed E-state index contributed by atoms with van der Waals surface area (Å²) < 4.78 is 31.6. The molecule has 3 nitrogen and oxygen atoms in total. The fourth-order valence-electron chi connectivity index (χ4n) is 1.76. The number of carbonyl (C=O) groups is 1. The van der Waals surface area contributed by atoms with Crippen LogP contribution in [0.15, 0.2) is 12.1 Å². The molecule has 1 atom stereocenters. The second-order valence-corrected chi connectivity index (χ2v) is 4.20. The standard InChI is InChI=1S/C12H13F2NO2/c1-7-10(14)3-9(13)4-11(7)17-6-8-2-12(16)15-5-8/h3-4,8H,2,5-6H2,1H3,(H,15,16). The molecule has 0 saturated carbocycles. The maximum Gasteiger partial charge on any atom is 0.220 e. The van der Waals surface area contributed by atoms with Gasteiger partial charge in [-0.15, -0.1) is 0 Å². The topological polar surface area (TPSA) is 38.3 Å². The smallest absolute Gasteiger partial charge is 0.220 e. The molecule has 5 heteroatoms. The lowest BCUT2D eigenvalue weighted by Gasteiger charge is -2.12. The van der Waals surface area contributed by atoms with Gasteiger partial charge in [-0.05, 0) is 6.92 Å². The van der Waals surface area contributed by atoms with Crippen LogP contribution in [0.3, 0.4) is 0 Å². The van der Waals surface area contributed by atoms with Crippen molar-refractivity contribution in [3.63, 3.8) is 0 Å². The van der Waals surface area contributed by atoms with Gasteiger partial charge in [0.05, 0.1) is 6.61 Å². The summed E-state index contributed by atoms with van der Waals surface area (Å²) in [5, 5.41) is 2.68. The molecule has 1 N–H and O–H groups in total. The Labute approximate surface area is 97.8 Å². The van der Waals surface area contributed by atoms with Gasteiger partial charge in [0.1, 0.15) is 17.4 Å². The molecule has 1 fully saturated rings. The van der Waals surface area contributed by atoms with Gasteiger partial charge >= 0.3 is 0 Å². The minimum absolute atomic E-state index is 0.0132. The van der Waals surface area contributed by atoms with Gasteiger partial charge in [-0.2, -0.15) is 0 Å². The van der Waals surface area contributed by atoms with Gasteiger partial charge in [0.2, 0.25) is 5.91 Å². The number of amides is 1. The Bertz CT molecular complexity index is 448. The molecule has 1 aliphatic rings. The maximum atomic E-state index is 13.2. The molecule has 0 aromatic heterocycles. The summed E-state index contributed by atoms with van der Waals surface area (Å²) in [6, 6.07) is 1.98. The van der Waals surface area contributed by atoms with Gasteiger partial charge in [0.25, 0.3) is 0 Å². The molecule has 1 heterocycles. The van der Waals surface area contributed by atoms with Crippen molar-refractivity contribution in [3.05, 3.63) is 29.3 Å². The second kappa shape index (κ2) is 4.69. The van der Waals surface area contributed by atoms with Gasteiger partial charge < -0.3 is 10.1 Å². The Morgan fingerprint density at radius 3 is 2.88 bits per heavy atom. The van der Waals surface area contributed by atoms with Crippen molar-refractivity contribution in [2.75, 3.05) is 13.2 Å². The van der Waals surface area contributed by atoms with Crippen molar-refractivity contribution >= 4 is 5.91 Å². The largest absolute Gasteiger partial charge is 0.493 e. The third-order valence-electron chi connectivity index (χ3n) is 2.80. The number of hydrogen-bond donors (Lipinski definition) is 1. The number of rotatable bonds is 3. The van der Waals surface area contributed by atoms with Crippen LogP contribution in [-0.4, -0.2) is 19.1 Å². The number of hydrogen-bond acceptors (Lipinski definition) is 2. The molecule has 1 aliphatic heterocycles. The van der Waals surface area contributed by atoms with E-state index in [2.05, 4.69) is 5.32 Å². The minimum Gasteiger partial charge on any atom is -0.493 e. The summed E-state index contributed by atoms with van der Waals surface area (Å²) in [5.41, 5.74) is 0.281. The zero-order valence-electron chi connectivity index (χ0n) is 9.43. The van der Waals surface area contributed by atoms with Crippen molar-refractivity contribution < 1.29 is 18.3 Å². The molecular formula is C12H13F2NO2. The van der Waals surface area contributed by atoms with Crippen molar-refractivity contribution in [3.8, 4) is 5.75 Å². The number of ether oxygens (including phenoxy) is 1. The lowest BCUT2D eigenvalue weighted by molar-refractivity contribution is -0.119. The highest BCUT2D eigenvalue weighted by Gasteiger charge is 2.22. The van der Waals surface area contributed by atoms with Crippen molar-refractivity contribution in [1.82, 2.24) is 5.32 Å². The van der Waals surface area contributed by atoms with Crippen molar-refractivity contribution in [2.45, 2.75) is 13.3 Å². The molecular weight excluding hydrogens is 228 g/mol. The zero-order valence-corrected chi connectivity index (χ0v) is 9.43. The highest BCUT2D eigenvalue weighted by molar-refractivity contribution is 5.78. The summed E-state index contributed by atoms with van der Waals surface area (Å²) in [6.07, 6.45) is 0.400. The van der Waals surface area contributed by atoms with E-state index in [1.54, 1.807) is 0 Å². The van der Waals surface area contributed by atoms with Gasteiger partial charge in [0.15, 0.2) is 0 Å². The van der Waals surface area contributed by atoms with Crippen molar-refractivity contribution in [1.29, 1.82) is 0 Å². The third-order valence-corrected chi connectivity index (χ3v) is 2.80. The summed E-state index contributed by atoms with van der Waals surface area (Å²) in [7, 11) is 0. The van der Waals surface area contributed by atoms with Crippen molar-refractivity contribution in [2.24, 2.45) is 5.92 Å². The van der Waals surface area contributed by atoms with Gasteiger partial charge in [-0.3, -0.25) is 4.79 Å². The van der Waals surface area contributed by atoms with Crippen LogP contribution in [0, 0.1) is 24.5 Å². The normalized spacial score (nSPS) is 19.2. The molecule has 1 amide bonds. The van der Waals surface area contributed by atoms with Crippen LogP contribution in [0.2, 0.25) is 0 Å². The van der Waals surface area contributed by atoms with Crippen LogP contribution in [0.25, 0.3) is 0 Å². The predicted molar refractivity (Wildman–Crippen MR) is 57.7 cm³/mol. The third kappa shape index (κ3) is 2.72. The molecule has 1 aromatic rings. The first kappa shape index (κ1) is 11.8. The molecule has 0 spiro atoms. The van der Waals surface area contributed by atoms with E-state index in [0.717, 1.165) is 12.1 Å². The number of benzene rings is 1. The molecule has 0 bridgehead atoms. The molecule has 92 valence electrons. The highest BCUT2D eigenvalue weighted by atomic mass is 19.1. The van der Waals surface area contributed by atoms with E-state index < -0.39 is 11.6 Å². The molecule has 1 aromatic carbocycles. The fraction of sp³-hybridized carbons (Fsp3) is 0.417. The summed E-state index contributed by atoms with van der Waals surface area (Å²) in [4.78, 5) is 11.0. The van der Waals surface area contributed by atoms with Crippen LogP contribution in [0.1, 0.15) is 12.0 Å². The van der Waals surface area contributed by atoms with Crippen LogP contribution < -0.4 is 10.1 Å². The van der Waals surface area contributed by atoms with E-state index >= 15 is 0 Å². The first-order valence-corrected chi connectivity index (χ1v) is 5.41. The average Bonchev–Trinajstić information content (AvgIpc) is 2.67. The zero-order chi connectivity index (χ0) is 12.4. The van der Waals surface area contributed by atoms with Crippen LogP contribution in [0.4, 0.5) is 8.78 Å². The Morgan fingerprint density at radius 1 is 1.47 bits per heavy atom. The fourth-order valence-corrected chi connectivity index (χ4v) is 1.76. The Morgan fingerprint density at radius 2 is 2.24 bits per heavy atom. The Hall–Kier alpha value is -1.65. The van der Waals surface area contributed by atoms with Crippen LogP contribution in [-0.2, 0) is 4.79 Å². The number of halogens is 2. The van der Waals surface area contributed by atoms with E-state index in [1.807, 2.05) is 0 Å². The Kier molecular flexibility index (Phi) is 3.26.